The number of hydrogen-bond acceptors (Lipinski definition) is 3. The molecule has 0 bridgehead atoms. The van der Waals surface area contributed by atoms with Gasteiger partial charge in [-0.1, -0.05) is 11.6 Å². The quantitative estimate of drug-likeness (QED) is 0.875. The lowest BCUT2D eigenvalue weighted by Gasteiger charge is -2.09. The molecule has 1 fully saturated rings. The zero-order valence-corrected chi connectivity index (χ0v) is 11.4. The molecule has 1 N–H and O–H groups in total. The molecule has 2 aliphatic rings. The number of halogens is 1. The summed E-state index contributed by atoms with van der Waals surface area (Å²) in [7, 11) is 0. The molecule has 1 aliphatic heterocycles. The molecule has 1 aromatic carbocycles. The highest BCUT2D eigenvalue weighted by molar-refractivity contribution is 6.31. The molecule has 100 valence electrons. The smallest absolute Gasteiger partial charge is 0.228 e. The van der Waals surface area contributed by atoms with E-state index in [-0.39, 0.29) is 5.91 Å². The van der Waals surface area contributed by atoms with Crippen LogP contribution in [0.3, 0.4) is 0 Å². The van der Waals surface area contributed by atoms with E-state index >= 15 is 0 Å². The van der Waals surface area contributed by atoms with E-state index in [2.05, 4.69) is 10.3 Å². The standard InChI is InChI=1S/C15H12ClN3O/c16-10-3-4-12-11(6-10)14-9(5-13(20)18-12)7-17-15(19-14)8-1-2-8/h3-4,6-8H,1-2,5H2,(H,18,20). The second-order valence-electron chi connectivity index (χ2n) is 5.29. The van der Waals surface area contributed by atoms with E-state index in [0.717, 1.165) is 41.2 Å². The van der Waals surface area contributed by atoms with Crippen molar-refractivity contribution in [2.24, 2.45) is 0 Å². The lowest BCUT2D eigenvalue weighted by molar-refractivity contribution is -0.115. The van der Waals surface area contributed by atoms with Crippen LogP contribution in [0.25, 0.3) is 11.3 Å². The summed E-state index contributed by atoms with van der Waals surface area (Å²) in [5.41, 5.74) is 3.33. The number of rotatable bonds is 1. The number of amides is 1. The Morgan fingerprint density at radius 3 is 2.95 bits per heavy atom. The van der Waals surface area contributed by atoms with E-state index in [0.29, 0.717) is 17.4 Å². The Hall–Kier alpha value is -1.94. The number of aromatic nitrogens is 2. The summed E-state index contributed by atoms with van der Waals surface area (Å²) in [5, 5.41) is 3.53. The maximum atomic E-state index is 11.9. The van der Waals surface area contributed by atoms with Gasteiger partial charge in [-0.3, -0.25) is 4.79 Å². The summed E-state index contributed by atoms with van der Waals surface area (Å²) in [5.74, 6) is 1.31. The highest BCUT2D eigenvalue weighted by Gasteiger charge is 2.29. The zero-order valence-electron chi connectivity index (χ0n) is 10.7. The molecule has 1 saturated carbocycles. The van der Waals surface area contributed by atoms with E-state index in [4.69, 9.17) is 16.6 Å². The molecule has 20 heavy (non-hydrogen) atoms. The Balaban J connectivity index is 1.95. The molecule has 0 radical (unpaired) electrons. The molecular formula is C15H12ClN3O. The predicted molar refractivity (Wildman–Crippen MR) is 76.8 cm³/mol. The molecular weight excluding hydrogens is 274 g/mol. The van der Waals surface area contributed by atoms with E-state index < -0.39 is 0 Å². The van der Waals surface area contributed by atoms with Crippen LogP contribution in [0.1, 0.15) is 30.1 Å². The number of benzene rings is 1. The van der Waals surface area contributed by atoms with Crippen LogP contribution in [-0.2, 0) is 11.2 Å². The highest BCUT2D eigenvalue weighted by atomic mass is 35.5. The SMILES string of the molecule is O=C1Cc2cnc(C3CC3)nc2-c2cc(Cl)ccc2N1. The number of carbonyl (C=O) groups excluding carboxylic acids is 1. The zero-order chi connectivity index (χ0) is 13.7. The first-order valence-electron chi connectivity index (χ1n) is 6.66. The summed E-state index contributed by atoms with van der Waals surface area (Å²) in [4.78, 5) is 21.0. The van der Waals surface area contributed by atoms with Crippen LogP contribution in [0.2, 0.25) is 5.02 Å². The maximum absolute atomic E-state index is 11.9. The molecule has 2 aromatic rings. The molecule has 0 atom stereocenters. The van der Waals surface area contributed by atoms with Crippen LogP contribution in [0.4, 0.5) is 5.69 Å². The van der Waals surface area contributed by atoms with Crippen molar-refractivity contribution in [3.05, 3.63) is 40.8 Å². The summed E-state index contributed by atoms with van der Waals surface area (Å²) in [6.45, 7) is 0. The van der Waals surface area contributed by atoms with Gasteiger partial charge in [0.1, 0.15) is 5.82 Å². The van der Waals surface area contributed by atoms with E-state index in [9.17, 15) is 4.79 Å². The largest absolute Gasteiger partial charge is 0.325 e. The molecule has 0 saturated heterocycles. The molecule has 4 rings (SSSR count). The summed E-state index contributed by atoms with van der Waals surface area (Å²) < 4.78 is 0. The molecule has 1 aliphatic carbocycles. The second kappa shape index (κ2) is 4.28. The minimum atomic E-state index is -0.0462. The van der Waals surface area contributed by atoms with Crippen LogP contribution < -0.4 is 5.32 Å². The first-order chi connectivity index (χ1) is 9.70. The van der Waals surface area contributed by atoms with E-state index in [1.54, 1.807) is 12.3 Å². The van der Waals surface area contributed by atoms with Gasteiger partial charge in [-0.2, -0.15) is 0 Å². The lowest BCUT2D eigenvalue weighted by Crippen LogP contribution is -2.12. The van der Waals surface area contributed by atoms with Gasteiger partial charge < -0.3 is 5.32 Å². The third kappa shape index (κ3) is 1.96. The fraction of sp³-hybridized carbons (Fsp3) is 0.267. The van der Waals surface area contributed by atoms with Crippen LogP contribution >= 0.6 is 11.6 Å². The Bertz CT molecular complexity index is 725. The minimum Gasteiger partial charge on any atom is -0.325 e. The fourth-order valence-corrected chi connectivity index (χ4v) is 2.68. The van der Waals surface area contributed by atoms with Gasteiger partial charge in [0.15, 0.2) is 0 Å². The van der Waals surface area contributed by atoms with Gasteiger partial charge in [-0.05, 0) is 31.0 Å². The van der Waals surface area contributed by atoms with Gasteiger partial charge in [-0.25, -0.2) is 9.97 Å². The lowest BCUT2D eigenvalue weighted by atomic mass is 10.0. The van der Waals surface area contributed by atoms with Crippen molar-refractivity contribution in [2.75, 3.05) is 5.32 Å². The van der Waals surface area contributed by atoms with Gasteiger partial charge in [-0.15, -0.1) is 0 Å². The molecule has 1 aromatic heterocycles. The number of anilines is 1. The molecule has 4 nitrogen and oxygen atoms in total. The van der Waals surface area contributed by atoms with Crippen molar-refractivity contribution in [1.82, 2.24) is 9.97 Å². The highest BCUT2D eigenvalue weighted by Crippen LogP contribution is 2.40. The van der Waals surface area contributed by atoms with Crippen molar-refractivity contribution in [2.45, 2.75) is 25.2 Å². The fourth-order valence-electron chi connectivity index (χ4n) is 2.51. The summed E-state index contributed by atoms with van der Waals surface area (Å²) in [6.07, 6.45) is 4.38. The number of carbonyl (C=O) groups is 1. The number of hydrogen-bond donors (Lipinski definition) is 1. The molecule has 0 spiro atoms. The van der Waals surface area contributed by atoms with Gasteiger partial charge in [0.05, 0.1) is 17.8 Å². The van der Waals surface area contributed by atoms with Crippen molar-refractivity contribution < 1.29 is 4.79 Å². The van der Waals surface area contributed by atoms with Gasteiger partial charge in [0, 0.05) is 28.3 Å². The molecule has 2 heterocycles. The number of fused-ring (bicyclic) bond motifs is 3. The normalized spacial score (nSPS) is 16.9. The third-order valence-electron chi connectivity index (χ3n) is 3.69. The topological polar surface area (TPSA) is 54.9 Å². The summed E-state index contributed by atoms with van der Waals surface area (Å²) in [6, 6.07) is 5.45. The first-order valence-corrected chi connectivity index (χ1v) is 7.04. The van der Waals surface area contributed by atoms with Crippen LogP contribution in [0.5, 0.6) is 0 Å². The van der Waals surface area contributed by atoms with Gasteiger partial charge >= 0.3 is 0 Å². The molecule has 5 heteroatoms. The number of nitrogens with one attached hydrogen (secondary N) is 1. The minimum absolute atomic E-state index is 0.0462. The molecule has 0 unspecified atom stereocenters. The van der Waals surface area contributed by atoms with Crippen molar-refractivity contribution >= 4 is 23.2 Å². The Kier molecular flexibility index (Phi) is 2.54. The van der Waals surface area contributed by atoms with Crippen molar-refractivity contribution in [3.63, 3.8) is 0 Å². The average molecular weight is 286 g/mol. The average Bonchev–Trinajstić information content (AvgIpc) is 3.25. The maximum Gasteiger partial charge on any atom is 0.228 e. The monoisotopic (exact) mass is 285 g/mol. The first kappa shape index (κ1) is 11.9. The van der Waals surface area contributed by atoms with Crippen LogP contribution in [0.15, 0.2) is 24.4 Å². The summed E-state index contributed by atoms with van der Waals surface area (Å²) >= 11 is 6.09. The Morgan fingerprint density at radius 1 is 1.30 bits per heavy atom. The van der Waals surface area contributed by atoms with Gasteiger partial charge in [0.25, 0.3) is 0 Å². The third-order valence-corrected chi connectivity index (χ3v) is 3.92. The Morgan fingerprint density at radius 2 is 2.15 bits per heavy atom. The predicted octanol–water partition coefficient (Wildman–Crippen LogP) is 3.17. The van der Waals surface area contributed by atoms with Crippen molar-refractivity contribution in [1.29, 1.82) is 0 Å². The van der Waals surface area contributed by atoms with Crippen molar-refractivity contribution in [3.8, 4) is 11.3 Å². The second-order valence-corrected chi connectivity index (χ2v) is 5.73. The van der Waals surface area contributed by atoms with Gasteiger partial charge in [0.2, 0.25) is 5.91 Å². The molecule has 1 amide bonds. The van der Waals surface area contributed by atoms with Crippen LogP contribution in [-0.4, -0.2) is 15.9 Å². The van der Waals surface area contributed by atoms with E-state index in [1.165, 1.54) is 0 Å². The van der Waals surface area contributed by atoms with Crippen LogP contribution in [0, 0.1) is 0 Å². The Labute approximate surface area is 121 Å². The number of nitrogens with zero attached hydrogens (tertiary/aromatic N) is 2. The van der Waals surface area contributed by atoms with E-state index in [1.807, 2.05) is 12.1 Å².